The van der Waals surface area contributed by atoms with E-state index in [9.17, 15) is 9.59 Å². The van der Waals surface area contributed by atoms with Crippen molar-refractivity contribution in [1.82, 2.24) is 18.9 Å². The molecule has 0 fully saturated rings. The minimum Gasteiger partial charge on any atom is -0.287 e. The van der Waals surface area contributed by atoms with Crippen molar-refractivity contribution in [3.05, 3.63) is 67.7 Å². The Balaban J connectivity index is 1.53. The zero-order valence-electron chi connectivity index (χ0n) is 17.1. The molecule has 9 heteroatoms. The SMILES string of the molecule is CCCn1c(SCc2cc(=O)n3c(n2)sc2ccccc23)nc2sc(CC)cc2c1=O. The van der Waals surface area contributed by atoms with Crippen LogP contribution in [0.25, 0.3) is 25.4 Å². The molecule has 4 aromatic heterocycles. The second-order valence-corrected chi connectivity index (χ2v) is 10.3. The maximum atomic E-state index is 13.1. The summed E-state index contributed by atoms with van der Waals surface area (Å²) >= 11 is 4.54. The average Bonchev–Trinajstić information content (AvgIpc) is 3.35. The van der Waals surface area contributed by atoms with Crippen LogP contribution in [0.15, 0.2) is 51.1 Å². The molecule has 0 radical (unpaired) electrons. The lowest BCUT2D eigenvalue weighted by Crippen LogP contribution is -2.22. The van der Waals surface area contributed by atoms with Crippen molar-refractivity contribution < 1.29 is 0 Å². The molecular formula is C22H20N4O2S3. The highest BCUT2D eigenvalue weighted by molar-refractivity contribution is 7.98. The summed E-state index contributed by atoms with van der Waals surface area (Å²) in [5.74, 6) is 0.480. The summed E-state index contributed by atoms with van der Waals surface area (Å²) in [6.07, 6.45) is 1.73. The molecule has 31 heavy (non-hydrogen) atoms. The van der Waals surface area contributed by atoms with E-state index in [1.165, 1.54) is 23.1 Å². The summed E-state index contributed by atoms with van der Waals surface area (Å²) in [6.45, 7) is 4.75. The van der Waals surface area contributed by atoms with Gasteiger partial charge in [0.1, 0.15) is 4.83 Å². The number of aryl methyl sites for hydroxylation is 1. The molecule has 6 nitrogen and oxygen atoms in total. The van der Waals surface area contributed by atoms with Crippen LogP contribution in [0.3, 0.4) is 0 Å². The largest absolute Gasteiger partial charge is 0.287 e. The lowest BCUT2D eigenvalue weighted by Gasteiger charge is -2.10. The summed E-state index contributed by atoms with van der Waals surface area (Å²) in [7, 11) is 0. The normalized spacial score (nSPS) is 11.8. The van der Waals surface area contributed by atoms with Crippen molar-refractivity contribution in [2.24, 2.45) is 0 Å². The first-order chi connectivity index (χ1) is 15.1. The van der Waals surface area contributed by atoms with E-state index < -0.39 is 0 Å². The summed E-state index contributed by atoms with van der Waals surface area (Å²) in [4.78, 5) is 38.0. The van der Waals surface area contributed by atoms with Crippen LogP contribution in [0.5, 0.6) is 0 Å². The third-order valence-corrected chi connectivity index (χ3v) is 8.27. The predicted octanol–water partition coefficient (Wildman–Crippen LogP) is 4.95. The zero-order chi connectivity index (χ0) is 21.5. The van der Waals surface area contributed by atoms with Gasteiger partial charge in [-0.15, -0.1) is 11.3 Å². The number of thiazole rings is 1. The Hall–Kier alpha value is -2.49. The van der Waals surface area contributed by atoms with E-state index in [1.807, 2.05) is 37.3 Å². The first kappa shape index (κ1) is 20.4. The molecule has 1 aromatic carbocycles. The highest BCUT2D eigenvalue weighted by atomic mass is 32.2. The number of rotatable bonds is 6. The molecule has 0 unspecified atom stereocenters. The van der Waals surface area contributed by atoms with Gasteiger partial charge in [0, 0.05) is 23.2 Å². The van der Waals surface area contributed by atoms with Crippen molar-refractivity contribution in [1.29, 1.82) is 0 Å². The number of thiophene rings is 1. The number of aromatic nitrogens is 4. The molecule has 0 N–H and O–H groups in total. The van der Waals surface area contributed by atoms with E-state index >= 15 is 0 Å². The lowest BCUT2D eigenvalue weighted by atomic mass is 10.3. The van der Waals surface area contributed by atoms with Crippen LogP contribution in [0.4, 0.5) is 0 Å². The Morgan fingerprint density at radius 1 is 1.06 bits per heavy atom. The van der Waals surface area contributed by atoms with E-state index in [2.05, 4.69) is 6.92 Å². The minimum atomic E-state index is -0.0849. The lowest BCUT2D eigenvalue weighted by molar-refractivity contribution is 0.585. The quantitative estimate of drug-likeness (QED) is 0.261. The Morgan fingerprint density at radius 2 is 1.90 bits per heavy atom. The van der Waals surface area contributed by atoms with Crippen molar-refractivity contribution in [3.63, 3.8) is 0 Å². The van der Waals surface area contributed by atoms with Crippen LogP contribution in [0, 0.1) is 0 Å². The molecule has 5 rings (SSSR count). The van der Waals surface area contributed by atoms with Crippen LogP contribution < -0.4 is 11.1 Å². The van der Waals surface area contributed by atoms with Crippen LogP contribution in [-0.2, 0) is 18.7 Å². The van der Waals surface area contributed by atoms with Crippen LogP contribution in [-0.4, -0.2) is 18.9 Å². The second-order valence-electron chi connectivity index (χ2n) is 7.20. The molecule has 0 atom stereocenters. The third-order valence-electron chi connectivity index (χ3n) is 5.06. The van der Waals surface area contributed by atoms with Gasteiger partial charge >= 0.3 is 0 Å². The number of thioether (sulfide) groups is 1. The zero-order valence-corrected chi connectivity index (χ0v) is 19.6. The van der Waals surface area contributed by atoms with E-state index in [1.54, 1.807) is 26.4 Å². The number of hydrogen-bond acceptors (Lipinski definition) is 7. The van der Waals surface area contributed by atoms with Gasteiger partial charge in [-0.25, -0.2) is 9.97 Å². The van der Waals surface area contributed by atoms with Gasteiger partial charge in [-0.05, 0) is 31.0 Å². The fourth-order valence-corrected chi connectivity index (χ4v) is 6.56. The smallest absolute Gasteiger partial charge is 0.262 e. The molecule has 0 saturated heterocycles. The van der Waals surface area contributed by atoms with Gasteiger partial charge in [0.05, 0.1) is 21.3 Å². The number of para-hydroxylation sites is 1. The number of fused-ring (bicyclic) bond motifs is 4. The van der Waals surface area contributed by atoms with Crippen LogP contribution in [0.1, 0.15) is 30.8 Å². The second kappa shape index (κ2) is 8.22. The maximum Gasteiger partial charge on any atom is 0.262 e. The molecule has 0 spiro atoms. The van der Waals surface area contributed by atoms with E-state index in [0.29, 0.717) is 33.5 Å². The third kappa shape index (κ3) is 3.60. The maximum absolute atomic E-state index is 13.1. The molecule has 0 bridgehead atoms. The molecule has 0 aliphatic carbocycles. The fourth-order valence-electron chi connectivity index (χ4n) is 3.59. The Labute approximate surface area is 190 Å². The molecule has 4 heterocycles. The fraction of sp³-hybridized carbons (Fsp3) is 0.273. The van der Waals surface area contributed by atoms with E-state index in [0.717, 1.165) is 32.8 Å². The van der Waals surface area contributed by atoms with Gasteiger partial charge in [0.15, 0.2) is 10.1 Å². The topological polar surface area (TPSA) is 69.3 Å². The highest BCUT2D eigenvalue weighted by Gasteiger charge is 2.15. The van der Waals surface area contributed by atoms with Crippen LogP contribution >= 0.6 is 34.4 Å². The van der Waals surface area contributed by atoms with Crippen molar-refractivity contribution in [2.45, 2.75) is 44.1 Å². The van der Waals surface area contributed by atoms with Crippen molar-refractivity contribution >= 4 is 59.8 Å². The summed E-state index contributed by atoms with van der Waals surface area (Å²) < 4.78 is 4.44. The molecule has 0 amide bonds. The number of hydrogen-bond donors (Lipinski definition) is 0. The van der Waals surface area contributed by atoms with E-state index in [-0.39, 0.29) is 11.1 Å². The molecule has 158 valence electrons. The molecule has 0 aliphatic heterocycles. The van der Waals surface area contributed by atoms with Crippen LogP contribution in [0.2, 0.25) is 0 Å². The average molecular weight is 469 g/mol. The monoisotopic (exact) mass is 468 g/mol. The molecule has 0 aliphatic rings. The first-order valence-electron chi connectivity index (χ1n) is 10.1. The van der Waals surface area contributed by atoms with Crippen molar-refractivity contribution in [3.8, 4) is 0 Å². The summed E-state index contributed by atoms with van der Waals surface area (Å²) in [5.41, 5.74) is 1.50. The van der Waals surface area contributed by atoms with Gasteiger partial charge < -0.3 is 0 Å². The Bertz CT molecular complexity index is 1540. The van der Waals surface area contributed by atoms with Gasteiger partial charge in [-0.3, -0.25) is 18.6 Å². The van der Waals surface area contributed by atoms with Gasteiger partial charge in [-0.2, -0.15) is 0 Å². The Kier molecular flexibility index (Phi) is 5.41. The predicted molar refractivity (Wildman–Crippen MR) is 130 cm³/mol. The highest BCUT2D eigenvalue weighted by Crippen LogP contribution is 2.28. The summed E-state index contributed by atoms with van der Waals surface area (Å²) in [6, 6.07) is 11.4. The first-order valence-corrected chi connectivity index (χ1v) is 12.8. The summed E-state index contributed by atoms with van der Waals surface area (Å²) in [5, 5.41) is 1.38. The minimum absolute atomic E-state index is 0.0123. The molecule has 0 saturated carbocycles. The van der Waals surface area contributed by atoms with Gasteiger partial charge in [-0.1, -0.05) is 49.1 Å². The van der Waals surface area contributed by atoms with Crippen molar-refractivity contribution in [2.75, 3.05) is 0 Å². The molecular weight excluding hydrogens is 448 g/mol. The number of nitrogens with zero attached hydrogens (tertiary/aromatic N) is 4. The van der Waals surface area contributed by atoms with E-state index in [4.69, 9.17) is 9.97 Å². The Morgan fingerprint density at radius 3 is 2.71 bits per heavy atom. The van der Waals surface area contributed by atoms with Gasteiger partial charge in [0.25, 0.3) is 11.1 Å². The molecule has 5 aromatic rings. The van der Waals surface area contributed by atoms with Gasteiger partial charge in [0.2, 0.25) is 0 Å². The standard InChI is InChI=1S/C22H20N4O2S3/c1-3-9-25-20(28)15-11-14(4-2)30-19(15)24-21(25)29-12-13-10-18(27)26-16-7-5-6-8-17(16)31-22(26)23-13/h5-8,10-11H,3-4,9,12H2,1-2H3. The number of benzene rings is 1.